The highest BCUT2D eigenvalue weighted by Crippen LogP contribution is 2.55. The van der Waals surface area contributed by atoms with Crippen molar-refractivity contribution < 1.29 is 42.1 Å². The summed E-state index contributed by atoms with van der Waals surface area (Å²) < 4.78 is 50.1. The molecule has 3 saturated heterocycles. The summed E-state index contributed by atoms with van der Waals surface area (Å²) in [5.74, 6) is -0.751. The molecule has 5 heterocycles. The van der Waals surface area contributed by atoms with Crippen LogP contribution < -0.4 is 10.2 Å². The normalized spacial score (nSPS) is 27.9. The highest BCUT2D eigenvalue weighted by atomic mass is 32.1. The summed E-state index contributed by atoms with van der Waals surface area (Å²) in [7, 11) is 0. The molecule has 13 nitrogen and oxygen atoms in total. The number of nitrogens with one attached hydrogen (secondary N) is 1. The SMILES string of the molecule is C[C@@H](OCC1(CO)CC=CCC1)[C@@H](NC(=O)[C@@H]1CN(c2ncnc3ncsc23)CC12CN(C(=O)[C@H]1CC1(C)C)C2)C(=O)N1CCC(OC(F)(F)F)CC1. The van der Waals surface area contributed by atoms with Gasteiger partial charge in [-0.1, -0.05) is 26.0 Å². The van der Waals surface area contributed by atoms with Crippen molar-refractivity contribution in [3.63, 3.8) is 0 Å². The minimum atomic E-state index is -4.77. The number of fused-ring (bicyclic) bond motifs is 1. The monoisotopic (exact) mass is 763 g/mol. The van der Waals surface area contributed by atoms with Crippen LogP contribution in [0.2, 0.25) is 0 Å². The van der Waals surface area contributed by atoms with Gasteiger partial charge in [-0.25, -0.2) is 15.0 Å². The number of likely N-dealkylation sites (tertiary alicyclic amines) is 2. The van der Waals surface area contributed by atoms with E-state index in [1.165, 1.54) is 22.6 Å². The quantitative estimate of drug-likeness (QED) is 0.326. The number of carbonyl (C=O) groups is 3. The van der Waals surface area contributed by atoms with Crippen molar-refractivity contribution in [3.8, 4) is 0 Å². The van der Waals surface area contributed by atoms with Crippen LogP contribution in [0.25, 0.3) is 10.3 Å². The first-order valence-corrected chi connectivity index (χ1v) is 19.3. The van der Waals surface area contributed by atoms with Gasteiger partial charge in [-0.05, 0) is 50.9 Å². The molecule has 0 aromatic carbocycles. The molecule has 2 aliphatic carbocycles. The van der Waals surface area contributed by atoms with E-state index in [9.17, 15) is 32.7 Å². The Hall–Kier alpha value is -3.41. The Balaban J connectivity index is 1.12. The van der Waals surface area contributed by atoms with E-state index in [2.05, 4.69) is 44.9 Å². The van der Waals surface area contributed by atoms with Crippen LogP contribution in [-0.4, -0.2) is 125 Å². The summed E-state index contributed by atoms with van der Waals surface area (Å²) in [6.45, 7) is 7.46. The molecule has 1 spiro atoms. The molecule has 2 aromatic rings. The number of amides is 3. The van der Waals surface area contributed by atoms with Gasteiger partial charge < -0.3 is 29.9 Å². The minimum absolute atomic E-state index is 0.00550. The Kier molecular flexibility index (Phi) is 10.3. The van der Waals surface area contributed by atoms with E-state index < -0.39 is 47.3 Å². The topological polar surface area (TPSA) is 150 Å². The van der Waals surface area contributed by atoms with Crippen LogP contribution >= 0.6 is 11.3 Å². The number of allylic oxidation sites excluding steroid dienone is 2. The van der Waals surface area contributed by atoms with Crippen LogP contribution in [0.4, 0.5) is 19.0 Å². The molecule has 5 aliphatic rings. The maximum absolute atomic E-state index is 14.6. The molecule has 7 rings (SSSR count). The number of thiazole rings is 1. The Morgan fingerprint density at radius 3 is 2.45 bits per heavy atom. The number of rotatable bonds is 11. The van der Waals surface area contributed by atoms with Gasteiger partial charge in [0.25, 0.3) is 0 Å². The van der Waals surface area contributed by atoms with Gasteiger partial charge in [0.15, 0.2) is 11.5 Å². The molecule has 2 aromatic heterocycles. The molecule has 17 heteroatoms. The minimum Gasteiger partial charge on any atom is -0.396 e. The molecule has 3 aliphatic heterocycles. The van der Waals surface area contributed by atoms with E-state index in [1.807, 2.05) is 15.9 Å². The number of aliphatic hydroxyl groups excluding tert-OH is 1. The maximum atomic E-state index is 14.6. The third kappa shape index (κ3) is 7.76. The van der Waals surface area contributed by atoms with Crippen LogP contribution in [0.15, 0.2) is 24.0 Å². The molecule has 1 saturated carbocycles. The van der Waals surface area contributed by atoms with E-state index in [-0.39, 0.29) is 68.8 Å². The summed E-state index contributed by atoms with van der Waals surface area (Å²) >= 11 is 1.41. The Morgan fingerprint density at radius 2 is 1.81 bits per heavy atom. The summed E-state index contributed by atoms with van der Waals surface area (Å²) in [5, 5.41) is 13.3. The predicted molar refractivity (Wildman–Crippen MR) is 188 cm³/mol. The number of aliphatic hydroxyl groups is 1. The number of hydrogen-bond acceptors (Lipinski definition) is 11. The predicted octanol–water partition coefficient (Wildman–Crippen LogP) is 3.53. The van der Waals surface area contributed by atoms with Crippen molar-refractivity contribution in [2.24, 2.45) is 28.1 Å². The molecule has 290 valence electrons. The van der Waals surface area contributed by atoms with Gasteiger partial charge in [0, 0.05) is 56.0 Å². The number of nitrogens with zero attached hydrogens (tertiary/aromatic N) is 6. The van der Waals surface area contributed by atoms with Crippen molar-refractivity contribution in [3.05, 3.63) is 24.0 Å². The van der Waals surface area contributed by atoms with Crippen LogP contribution in [0.5, 0.6) is 0 Å². The number of anilines is 1. The van der Waals surface area contributed by atoms with Crippen molar-refractivity contribution in [2.45, 2.75) is 83.9 Å². The summed E-state index contributed by atoms with van der Waals surface area (Å²) in [4.78, 5) is 60.8. The molecule has 2 N–H and O–H groups in total. The average Bonchev–Trinajstić information content (AvgIpc) is 3.43. The molecular formula is C36H48F3N7O6S. The third-order valence-corrected chi connectivity index (χ3v) is 13.0. The fourth-order valence-corrected chi connectivity index (χ4v) is 9.33. The number of piperidine rings is 1. The number of alkyl halides is 3. The smallest absolute Gasteiger partial charge is 0.396 e. The first kappa shape index (κ1) is 37.9. The molecular weight excluding hydrogens is 716 g/mol. The third-order valence-electron chi connectivity index (χ3n) is 12.1. The highest BCUT2D eigenvalue weighted by Gasteiger charge is 2.62. The van der Waals surface area contributed by atoms with Gasteiger partial charge in [0.05, 0.1) is 36.9 Å². The first-order chi connectivity index (χ1) is 25.1. The Bertz CT molecular complexity index is 1730. The zero-order valence-electron chi connectivity index (χ0n) is 30.3. The second-order valence-electron chi connectivity index (χ2n) is 16.4. The lowest BCUT2D eigenvalue weighted by Gasteiger charge is -2.50. The lowest BCUT2D eigenvalue weighted by Crippen LogP contribution is -2.65. The molecule has 4 fully saturated rings. The molecule has 0 radical (unpaired) electrons. The van der Waals surface area contributed by atoms with Gasteiger partial charge in [-0.2, -0.15) is 0 Å². The van der Waals surface area contributed by atoms with E-state index >= 15 is 0 Å². The van der Waals surface area contributed by atoms with Gasteiger partial charge in [-0.15, -0.1) is 24.5 Å². The van der Waals surface area contributed by atoms with Crippen molar-refractivity contribution in [2.75, 3.05) is 57.4 Å². The van der Waals surface area contributed by atoms with Crippen molar-refractivity contribution >= 4 is 45.2 Å². The largest absolute Gasteiger partial charge is 0.522 e. The molecule has 0 bridgehead atoms. The van der Waals surface area contributed by atoms with Crippen LogP contribution in [-0.2, 0) is 23.9 Å². The number of carbonyl (C=O) groups excluding carboxylic acids is 3. The number of ether oxygens (including phenoxy) is 2. The maximum Gasteiger partial charge on any atom is 0.522 e. The van der Waals surface area contributed by atoms with Crippen LogP contribution in [0.3, 0.4) is 0 Å². The fraction of sp³-hybridized carbons (Fsp3) is 0.722. The fourth-order valence-electron chi connectivity index (χ4n) is 8.58. The lowest BCUT2D eigenvalue weighted by atomic mass is 9.70. The number of aromatic nitrogens is 3. The van der Waals surface area contributed by atoms with Gasteiger partial charge in [0.1, 0.15) is 17.1 Å². The summed E-state index contributed by atoms with van der Waals surface area (Å²) in [6, 6.07) is -1.15. The molecule has 53 heavy (non-hydrogen) atoms. The second kappa shape index (κ2) is 14.3. The number of halogens is 3. The van der Waals surface area contributed by atoms with Crippen molar-refractivity contribution in [1.82, 2.24) is 30.1 Å². The van der Waals surface area contributed by atoms with E-state index in [1.54, 1.807) is 12.4 Å². The van der Waals surface area contributed by atoms with E-state index in [0.717, 1.165) is 17.5 Å². The van der Waals surface area contributed by atoms with Crippen LogP contribution in [0, 0.1) is 28.1 Å². The summed E-state index contributed by atoms with van der Waals surface area (Å²) in [5.41, 5.74) is 1.07. The summed E-state index contributed by atoms with van der Waals surface area (Å²) in [6.07, 6.45) is 1.75. The van der Waals surface area contributed by atoms with Gasteiger partial charge >= 0.3 is 6.36 Å². The van der Waals surface area contributed by atoms with Gasteiger partial charge in [-0.3, -0.25) is 19.1 Å². The zero-order valence-corrected chi connectivity index (χ0v) is 31.1. The Morgan fingerprint density at radius 1 is 1.08 bits per heavy atom. The van der Waals surface area contributed by atoms with Crippen LogP contribution in [0.1, 0.15) is 59.3 Å². The zero-order chi connectivity index (χ0) is 37.8. The average molecular weight is 764 g/mol. The van der Waals surface area contributed by atoms with E-state index in [4.69, 9.17) is 4.74 Å². The first-order valence-electron chi connectivity index (χ1n) is 18.4. The van der Waals surface area contributed by atoms with Crippen molar-refractivity contribution in [1.29, 1.82) is 0 Å². The molecule has 3 amide bonds. The van der Waals surface area contributed by atoms with E-state index in [0.29, 0.717) is 43.9 Å². The Labute approximate surface area is 310 Å². The van der Waals surface area contributed by atoms with Gasteiger partial charge in [0.2, 0.25) is 17.7 Å². The second-order valence-corrected chi connectivity index (χ2v) is 17.3. The highest BCUT2D eigenvalue weighted by molar-refractivity contribution is 7.17. The molecule has 1 unspecified atom stereocenters. The molecule has 5 atom stereocenters. The number of hydrogen-bond donors (Lipinski definition) is 2. The standard InChI is InChI=1S/C36H48F3N7O6S/c1-22(51-19-34(18-47)9-5-4-6-10-34)26(32(50)44-11-7-23(8-12-44)52-36(37,38)39)43-30(48)25-14-45(29-27-28(40-20-41-29)42-21-53-27)15-35(25)16-46(17-35)31(49)24-13-33(24,2)3/h4-5,20-26,47H,6-19H2,1-3H3,(H,43,48)/t22-,24-,25+,26-,34?/m1/s1. The lowest BCUT2D eigenvalue weighted by molar-refractivity contribution is -0.345.